The average molecular weight is 207 g/mol. The Morgan fingerprint density at radius 2 is 1.86 bits per heavy atom. The molecular weight excluding hydrogens is 194 g/mol. The Bertz CT molecular complexity index is 338. The van der Waals surface area contributed by atoms with E-state index in [-0.39, 0.29) is 6.17 Å². The lowest BCUT2D eigenvalue weighted by Gasteiger charge is -2.23. The van der Waals surface area contributed by atoms with Crippen LogP contribution >= 0.6 is 12.2 Å². The number of hydrogen-bond donors (Lipinski definition) is 1. The lowest BCUT2D eigenvalue weighted by molar-refractivity contribution is 0.0881. The van der Waals surface area contributed by atoms with Gasteiger partial charge in [-0.05, 0) is 17.8 Å². The molecule has 1 fully saturated rings. The lowest BCUT2D eigenvalue weighted by Crippen LogP contribution is -2.32. The van der Waals surface area contributed by atoms with E-state index in [0.717, 1.165) is 5.11 Å². The van der Waals surface area contributed by atoms with Crippen LogP contribution in [0.5, 0.6) is 0 Å². The molecule has 0 saturated carbocycles. The van der Waals surface area contributed by atoms with Crippen LogP contribution in [0.2, 0.25) is 0 Å². The minimum absolute atomic E-state index is 0.161. The predicted octanol–water partition coefficient (Wildman–Crippen LogP) is 1.35. The van der Waals surface area contributed by atoms with Crippen molar-refractivity contribution in [2.45, 2.75) is 6.17 Å². The second-order valence-corrected chi connectivity index (χ2v) is 3.75. The van der Waals surface area contributed by atoms with Crippen molar-refractivity contribution >= 4 is 17.3 Å². The van der Waals surface area contributed by atoms with Gasteiger partial charge in [-0.15, -0.1) is 0 Å². The summed E-state index contributed by atoms with van der Waals surface area (Å²) in [5.41, 5.74) is 1.22. The third-order valence-electron chi connectivity index (χ3n) is 2.52. The minimum Gasteiger partial charge on any atom is -0.341 e. The van der Waals surface area contributed by atoms with E-state index < -0.39 is 0 Å². The van der Waals surface area contributed by atoms with Gasteiger partial charge in [0.2, 0.25) is 0 Å². The topological polar surface area (TPSA) is 18.5 Å². The number of rotatable bonds is 1. The first-order valence-corrected chi connectivity index (χ1v) is 4.93. The molecule has 4 heteroatoms. The van der Waals surface area contributed by atoms with Crippen LogP contribution in [-0.4, -0.2) is 29.2 Å². The number of hydrogen-bond acceptors (Lipinski definition) is 2. The highest BCUT2D eigenvalue weighted by atomic mass is 32.1. The van der Waals surface area contributed by atoms with E-state index >= 15 is 0 Å². The Morgan fingerprint density at radius 3 is 2.36 bits per heavy atom. The summed E-state index contributed by atoms with van der Waals surface area (Å²) in [5, 5.41) is 8.04. The van der Waals surface area contributed by atoms with Crippen LogP contribution in [0.25, 0.3) is 0 Å². The molecule has 0 aliphatic carbocycles. The summed E-state index contributed by atoms with van der Waals surface area (Å²) in [6.45, 7) is 0. The van der Waals surface area contributed by atoms with Crippen LogP contribution in [0.4, 0.5) is 0 Å². The molecule has 1 aliphatic heterocycles. The van der Waals surface area contributed by atoms with Crippen LogP contribution in [0.1, 0.15) is 11.7 Å². The first-order chi connectivity index (χ1) is 6.70. The molecule has 1 saturated heterocycles. The molecule has 74 valence electrons. The maximum absolute atomic E-state index is 5.17. The van der Waals surface area contributed by atoms with Gasteiger partial charge in [-0.1, -0.05) is 30.3 Å². The van der Waals surface area contributed by atoms with Crippen LogP contribution in [0.15, 0.2) is 30.3 Å². The number of thiocarbonyl (C=S) groups is 1. The van der Waals surface area contributed by atoms with Crippen molar-refractivity contribution in [2.75, 3.05) is 14.1 Å². The summed E-state index contributed by atoms with van der Waals surface area (Å²) in [4.78, 5) is 0. The van der Waals surface area contributed by atoms with E-state index in [9.17, 15) is 0 Å². The molecule has 1 atom stereocenters. The molecule has 0 radical (unpaired) electrons. The molecule has 0 aromatic heterocycles. The van der Waals surface area contributed by atoms with Crippen LogP contribution in [0, 0.1) is 0 Å². The van der Waals surface area contributed by atoms with E-state index in [2.05, 4.69) is 22.5 Å². The van der Waals surface area contributed by atoms with Gasteiger partial charge in [0, 0.05) is 14.1 Å². The van der Waals surface area contributed by atoms with Crippen molar-refractivity contribution in [1.29, 1.82) is 0 Å². The molecule has 1 unspecified atom stereocenters. The average Bonchev–Trinajstić information content (AvgIpc) is 2.47. The normalized spacial score (nSPS) is 22.6. The zero-order valence-electron chi connectivity index (χ0n) is 8.27. The van der Waals surface area contributed by atoms with Crippen LogP contribution in [0.3, 0.4) is 0 Å². The van der Waals surface area contributed by atoms with Crippen molar-refractivity contribution in [1.82, 2.24) is 15.3 Å². The van der Waals surface area contributed by atoms with Crippen molar-refractivity contribution in [3.8, 4) is 0 Å². The van der Waals surface area contributed by atoms with Crippen molar-refractivity contribution in [3.63, 3.8) is 0 Å². The highest BCUT2D eigenvalue weighted by molar-refractivity contribution is 7.80. The van der Waals surface area contributed by atoms with Gasteiger partial charge in [-0.3, -0.25) is 5.01 Å². The zero-order valence-corrected chi connectivity index (χ0v) is 9.08. The maximum atomic E-state index is 5.17. The largest absolute Gasteiger partial charge is 0.341 e. The lowest BCUT2D eigenvalue weighted by atomic mass is 10.2. The van der Waals surface area contributed by atoms with Gasteiger partial charge in [0.25, 0.3) is 0 Å². The molecule has 1 heterocycles. The Morgan fingerprint density at radius 1 is 1.21 bits per heavy atom. The van der Waals surface area contributed by atoms with E-state index in [1.165, 1.54) is 5.56 Å². The van der Waals surface area contributed by atoms with Gasteiger partial charge in [0.1, 0.15) is 6.17 Å². The van der Waals surface area contributed by atoms with E-state index in [1.807, 2.05) is 37.3 Å². The summed E-state index contributed by atoms with van der Waals surface area (Å²) in [6.07, 6.45) is 0.161. The van der Waals surface area contributed by atoms with Gasteiger partial charge in [0.15, 0.2) is 5.11 Å². The number of benzene rings is 1. The number of hydrazine groups is 1. The SMILES string of the molecule is CN1C(=S)NC(c2ccccc2)N1C. The smallest absolute Gasteiger partial charge is 0.185 e. The van der Waals surface area contributed by atoms with Crippen molar-refractivity contribution in [3.05, 3.63) is 35.9 Å². The van der Waals surface area contributed by atoms with Crippen molar-refractivity contribution < 1.29 is 0 Å². The second kappa shape index (κ2) is 3.55. The first kappa shape index (κ1) is 9.43. The molecular formula is C10H13N3S. The molecule has 14 heavy (non-hydrogen) atoms. The summed E-state index contributed by atoms with van der Waals surface area (Å²) in [7, 11) is 3.97. The Labute approximate surface area is 89.3 Å². The van der Waals surface area contributed by atoms with Gasteiger partial charge >= 0.3 is 0 Å². The quantitative estimate of drug-likeness (QED) is 0.700. The predicted molar refractivity (Wildman–Crippen MR) is 60.4 cm³/mol. The highest BCUT2D eigenvalue weighted by Crippen LogP contribution is 2.22. The summed E-state index contributed by atoms with van der Waals surface area (Å²) in [6, 6.07) is 10.3. The molecule has 0 amide bonds. The monoisotopic (exact) mass is 207 g/mol. The molecule has 0 bridgehead atoms. The van der Waals surface area contributed by atoms with Gasteiger partial charge < -0.3 is 5.32 Å². The zero-order chi connectivity index (χ0) is 10.1. The van der Waals surface area contributed by atoms with Gasteiger partial charge in [-0.2, -0.15) is 5.01 Å². The molecule has 1 aliphatic rings. The second-order valence-electron chi connectivity index (χ2n) is 3.36. The summed E-state index contributed by atoms with van der Waals surface area (Å²) in [5.74, 6) is 0. The highest BCUT2D eigenvalue weighted by Gasteiger charge is 2.29. The molecule has 0 spiro atoms. The number of nitrogens with one attached hydrogen (secondary N) is 1. The Kier molecular flexibility index (Phi) is 2.39. The van der Waals surface area contributed by atoms with Gasteiger partial charge in [-0.25, -0.2) is 0 Å². The molecule has 1 N–H and O–H groups in total. The maximum Gasteiger partial charge on any atom is 0.185 e. The standard InChI is InChI=1S/C10H13N3S/c1-12-9(11-10(14)13(12)2)8-6-4-3-5-7-8/h3-7,9H,1-2H3,(H,11,14). The first-order valence-electron chi connectivity index (χ1n) is 4.52. The Hall–Kier alpha value is -1.13. The minimum atomic E-state index is 0.161. The van der Waals surface area contributed by atoms with Crippen molar-refractivity contribution in [2.24, 2.45) is 0 Å². The molecule has 1 aromatic carbocycles. The third-order valence-corrected chi connectivity index (χ3v) is 2.90. The molecule has 1 aromatic rings. The van der Waals surface area contributed by atoms with Crippen LogP contribution < -0.4 is 5.32 Å². The molecule has 3 nitrogen and oxygen atoms in total. The Balaban J connectivity index is 2.26. The fourth-order valence-electron chi connectivity index (χ4n) is 1.55. The molecule has 2 rings (SSSR count). The third kappa shape index (κ3) is 1.47. The van der Waals surface area contributed by atoms with E-state index in [1.54, 1.807) is 0 Å². The van der Waals surface area contributed by atoms with E-state index in [0.29, 0.717) is 0 Å². The number of nitrogens with zero attached hydrogens (tertiary/aromatic N) is 2. The van der Waals surface area contributed by atoms with E-state index in [4.69, 9.17) is 12.2 Å². The van der Waals surface area contributed by atoms with Crippen LogP contribution in [-0.2, 0) is 0 Å². The van der Waals surface area contributed by atoms with Gasteiger partial charge in [0.05, 0.1) is 0 Å². The fourth-order valence-corrected chi connectivity index (χ4v) is 1.80. The summed E-state index contributed by atoms with van der Waals surface area (Å²) < 4.78 is 0. The summed E-state index contributed by atoms with van der Waals surface area (Å²) >= 11 is 5.17. The fraction of sp³-hybridized carbons (Fsp3) is 0.300.